The molecule has 0 bridgehead atoms. The number of carbonyl (C=O) groups is 4. The third-order valence-corrected chi connectivity index (χ3v) is 11.3. The average Bonchev–Trinajstić information content (AvgIpc) is 3.39. The van der Waals surface area contributed by atoms with E-state index in [1.165, 1.54) is 23.1 Å². The minimum Gasteiger partial charge on any atom is -0.505 e. The number of rotatable bonds is 5. The van der Waals surface area contributed by atoms with Crippen molar-refractivity contribution >= 4 is 34.6 Å². The van der Waals surface area contributed by atoms with E-state index in [9.17, 15) is 24.3 Å². The molecule has 3 aliphatic carbocycles. The summed E-state index contributed by atoms with van der Waals surface area (Å²) in [7, 11) is 0. The van der Waals surface area contributed by atoms with Gasteiger partial charge in [-0.2, -0.15) is 0 Å². The van der Waals surface area contributed by atoms with Gasteiger partial charge >= 0.3 is 0 Å². The molecule has 1 heterocycles. The van der Waals surface area contributed by atoms with Crippen molar-refractivity contribution in [1.82, 2.24) is 0 Å². The molecule has 2 fully saturated rings. The van der Waals surface area contributed by atoms with Crippen molar-refractivity contribution in [1.29, 1.82) is 0 Å². The highest BCUT2D eigenvalue weighted by Crippen LogP contribution is 2.63. The Kier molecular flexibility index (Phi) is 7.32. The molecule has 2 amide bonds. The molecule has 4 aromatic carbocycles. The molecule has 7 heteroatoms. The number of aryl methyl sites for hydroxylation is 1. The van der Waals surface area contributed by atoms with Crippen LogP contribution in [0.25, 0.3) is 5.57 Å². The van der Waals surface area contributed by atoms with Gasteiger partial charge in [-0.05, 0) is 77.8 Å². The second kappa shape index (κ2) is 11.6. The summed E-state index contributed by atoms with van der Waals surface area (Å²) in [5, 5.41) is 10.2. The first-order chi connectivity index (χ1) is 23.7. The van der Waals surface area contributed by atoms with Gasteiger partial charge in [0, 0.05) is 17.4 Å². The summed E-state index contributed by atoms with van der Waals surface area (Å²) in [5.74, 6) is -6.23. The lowest BCUT2D eigenvalue weighted by atomic mass is 9.44. The molecule has 6 atom stereocenters. The number of nitrogens with zero attached hydrogens (tertiary/aromatic N) is 1. The number of phenolic OH excluding ortho intramolecular Hbond substituents is 1. The molecule has 6 nitrogen and oxygen atoms in total. The van der Waals surface area contributed by atoms with Gasteiger partial charge < -0.3 is 5.11 Å². The molecule has 244 valence electrons. The van der Waals surface area contributed by atoms with Crippen LogP contribution in [0.1, 0.15) is 47.9 Å². The average molecular weight is 652 g/mol. The molecule has 4 aliphatic rings. The number of hydrogen-bond donors (Lipinski definition) is 1. The summed E-state index contributed by atoms with van der Waals surface area (Å²) in [5.41, 5.74) is 2.82. The van der Waals surface area contributed by atoms with E-state index in [0.29, 0.717) is 28.0 Å². The number of halogens is 1. The Morgan fingerprint density at radius 2 is 1.53 bits per heavy atom. The van der Waals surface area contributed by atoms with E-state index < -0.39 is 46.6 Å². The third kappa shape index (κ3) is 4.52. The Balaban J connectivity index is 1.34. The molecular weight excluding hydrogens is 617 g/mol. The number of anilines is 1. The Bertz CT molecular complexity index is 2090. The number of phenols is 1. The first kappa shape index (κ1) is 30.9. The second-order valence-corrected chi connectivity index (χ2v) is 13.5. The lowest BCUT2D eigenvalue weighted by molar-refractivity contribution is -0.135. The zero-order valence-electron chi connectivity index (χ0n) is 26.9. The van der Waals surface area contributed by atoms with E-state index in [1.54, 1.807) is 30.3 Å². The Labute approximate surface area is 283 Å². The Hall–Kier alpha value is -5.43. The van der Waals surface area contributed by atoms with Crippen molar-refractivity contribution in [2.75, 3.05) is 4.90 Å². The number of hydrogen-bond acceptors (Lipinski definition) is 5. The fourth-order valence-corrected chi connectivity index (χ4v) is 9.09. The third-order valence-electron chi connectivity index (χ3n) is 11.3. The number of Topliss-reactive ketones (excluding diaryl/α,β-unsaturated/α-hetero) is 1. The van der Waals surface area contributed by atoms with E-state index in [0.717, 1.165) is 17.6 Å². The highest BCUT2D eigenvalue weighted by Gasteiger charge is 2.66. The second-order valence-electron chi connectivity index (χ2n) is 13.5. The number of amides is 2. The van der Waals surface area contributed by atoms with Gasteiger partial charge in [-0.1, -0.05) is 97.4 Å². The van der Waals surface area contributed by atoms with Crippen LogP contribution in [0.15, 0.2) is 121 Å². The molecule has 0 unspecified atom stereocenters. The van der Waals surface area contributed by atoms with E-state index in [4.69, 9.17) is 0 Å². The van der Waals surface area contributed by atoms with Crippen molar-refractivity contribution in [2.45, 2.75) is 37.5 Å². The smallest absolute Gasteiger partial charge is 0.238 e. The van der Waals surface area contributed by atoms with Crippen LogP contribution < -0.4 is 4.90 Å². The molecule has 8 rings (SSSR count). The highest BCUT2D eigenvalue weighted by atomic mass is 19.1. The molecule has 0 radical (unpaired) electrons. The zero-order valence-corrected chi connectivity index (χ0v) is 26.9. The lowest BCUT2D eigenvalue weighted by Gasteiger charge is -2.55. The van der Waals surface area contributed by atoms with Crippen LogP contribution in [0.5, 0.6) is 5.75 Å². The number of benzene rings is 4. The van der Waals surface area contributed by atoms with Gasteiger partial charge in [0.25, 0.3) is 0 Å². The summed E-state index contributed by atoms with van der Waals surface area (Å²) < 4.78 is 15.2. The molecule has 4 aromatic rings. The molecule has 1 N–H and O–H groups in total. The minimum atomic E-state index is -1.46. The maximum atomic E-state index is 15.2. The van der Waals surface area contributed by atoms with Gasteiger partial charge in [0.05, 0.1) is 22.9 Å². The summed E-state index contributed by atoms with van der Waals surface area (Å²) in [6, 6.07) is 29.7. The first-order valence-corrected chi connectivity index (χ1v) is 16.8. The highest BCUT2D eigenvalue weighted by molar-refractivity contribution is 6.32. The van der Waals surface area contributed by atoms with Crippen molar-refractivity contribution in [3.05, 3.63) is 149 Å². The van der Waals surface area contributed by atoms with Crippen molar-refractivity contribution in [3.63, 3.8) is 0 Å². The van der Waals surface area contributed by atoms with Gasteiger partial charge in [0.15, 0.2) is 23.1 Å². The molecule has 1 saturated heterocycles. The summed E-state index contributed by atoms with van der Waals surface area (Å²) in [6.07, 6.45) is 4.63. The van der Waals surface area contributed by atoms with Crippen molar-refractivity contribution in [3.8, 4) is 5.75 Å². The molecular formula is C42H34FNO5. The van der Waals surface area contributed by atoms with E-state index >= 15 is 4.39 Å². The molecule has 49 heavy (non-hydrogen) atoms. The molecule has 0 aromatic heterocycles. The van der Waals surface area contributed by atoms with Crippen LogP contribution in [0.3, 0.4) is 0 Å². The van der Waals surface area contributed by atoms with Crippen LogP contribution in [-0.2, 0) is 31.0 Å². The van der Waals surface area contributed by atoms with Crippen LogP contribution in [0, 0.1) is 29.5 Å². The standard InChI is InChI=1S/C42H34FNO5/c1-2-24-13-16-28(17-14-24)44-40(48)30-19-18-29-32(37(30)41(44)49)22-33-39(47)31(25-9-5-3-6-10-25)23-36(46)42(33,27-11-7-4-8-12-27)38(29)26-15-20-35(45)34(43)21-26/h3-18,20-21,23,30,32-33,37-38,45H,2,19,22H2,1H3/t30-,32+,33-,37-,38-,42-/m0/s1. The van der Waals surface area contributed by atoms with E-state index in [1.807, 2.05) is 73.7 Å². The monoisotopic (exact) mass is 651 g/mol. The normalized spacial score (nSPS) is 27.6. The topological polar surface area (TPSA) is 91.8 Å². The Morgan fingerprint density at radius 1 is 0.837 bits per heavy atom. The number of carbonyl (C=O) groups excluding carboxylic acids is 4. The van der Waals surface area contributed by atoms with Crippen LogP contribution in [0.2, 0.25) is 0 Å². The predicted octanol–water partition coefficient (Wildman–Crippen LogP) is 7.12. The number of imide groups is 1. The zero-order chi connectivity index (χ0) is 34.0. The van der Waals surface area contributed by atoms with Crippen LogP contribution in [0.4, 0.5) is 10.1 Å². The van der Waals surface area contributed by atoms with Gasteiger partial charge in [-0.25, -0.2) is 4.39 Å². The lowest BCUT2D eigenvalue weighted by Crippen LogP contribution is -2.58. The number of fused-ring (bicyclic) bond motifs is 4. The van der Waals surface area contributed by atoms with Gasteiger partial charge in [0.1, 0.15) is 0 Å². The maximum absolute atomic E-state index is 15.2. The quantitative estimate of drug-likeness (QED) is 0.183. The van der Waals surface area contributed by atoms with Crippen molar-refractivity contribution in [2.24, 2.45) is 23.7 Å². The summed E-state index contributed by atoms with van der Waals surface area (Å²) in [4.78, 5) is 59.7. The van der Waals surface area contributed by atoms with Crippen LogP contribution >= 0.6 is 0 Å². The van der Waals surface area contributed by atoms with Gasteiger partial charge in [0.2, 0.25) is 11.8 Å². The minimum absolute atomic E-state index is 0.162. The van der Waals surface area contributed by atoms with Gasteiger partial charge in [-0.3, -0.25) is 24.1 Å². The fraction of sp³-hybridized carbons (Fsp3) is 0.238. The Morgan fingerprint density at radius 3 is 2.20 bits per heavy atom. The van der Waals surface area contributed by atoms with Crippen molar-refractivity contribution < 1.29 is 28.7 Å². The largest absolute Gasteiger partial charge is 0.505 e. The number of ketones is 2. The van der Waals surface area contributed by atoms with Crippen LogP contribution in [-0.4, -0.2) is 28.5 Å². The fourth-order valence-electron chi connectivity index (χ4n) is 9.09. The van der Waals surface area contributed by atoms with E-state index in [-0.39, 0.29) is 36.2 Å². The number of allylic oxidation sites excluding steroid dienone is 4. The van der Waals surface area contributed by atoms with E-state index in [2.05, 4.69) is 0 Å². The number of aromatic hydroxyl groups is 1. The molecule has 1 saturated carbocycles. The SMILES string of the molecule is CCc1ccc(N2C(=O)[C@H]3[C@H](CC=C4[C@H]3C[C@H]3C(=O)C(c5ccccc5)=CC(=O)[C@@]3(c3ccccc3)[C@H]4c3ccc(O)c(F)c3)C2=O)cc1. The molecule has 1 aliphatic heterocycles. The summed E-state index contributed by atoms with van der Waals surface area (Å²) in [6.45, 7) is 2.04. The molecule has 0 spiro atoms. The first-order valence-electron chi connectivity index (χ1n) is 16.8. The van der Waals surface area contributed by atoms with Gasteiger partial charge in [-0.15, -0.1) is 0 Å². The summed E-state index contributed by atoms with van der Waals surface area (Å²) >= 11 is 0. The maximum Gasteiger partial charge on any atom is 0.238 e. The predicted molar refractivity (Wildman–Crippen MR) is 183 cm³/mol.